The van der Waals surface area contributed by atoms with Crippen LogP contribution in [0.3, 0.4) is 0 Å². The van der Waals surface area contributed by atoms with E-state index in [0.717, 1.165) is 18.2 Å². The summed E-state index contributed by atoms with van der Waals surface area (Å²) in [4.78, 5) is 47.5. The Hall–Kier alpha value is -3.23. The van der Waals surface area contributed by atoms with Crippen molar-refractivity contribution in [3.05, 3.63) is 53.6 Å². The first-order valence-corrected chi connectivity index (χ1v) is 9.66. The van der Waals surface area contributed by atoms with Crippen molar-refractivity contribution in [2.45, 2.75) is 38.6 Å². The molecule has 9 heteroatoms. The first kappa shape index (κ1) is 20.1. The third-order valence-corrected chi connectivity index (χ3v) is 5.66. The monoisotopic (exact) mass is 414 g/mol. The number of halogens is 2. The molecule has 2 heterocycles. The summed E-state index contributed by atoms with van der Waals surface area (Å²) in [6.07, 6.45) is 2.30. The van der Waals surface area contributed by atoms with Crippen molar-refractivity contribution < 1.29 is 23.2 Å². The normalized spacial score (nSPS) is 23.8. The third-order valence-electron chi connectivity index (χ3n) is 5.66. The van der Waals surface area contributed by atoms with Crippen molar-refractivity contribution in [1.82, 2.24) is 15.3 Å². The van der Waals surface area contributed by atoms with Gasteiger partial charge in [-0.25, -0.2) is 18.7 Å². The molecule has 4 rings (SSSR count). The van der Waals surface area contributed by atoms with Crippen molar-refractivity contribution in [1.29, 1.82) is 0 Å². The molecule has 2 amide bonds. The molecule has 2 aromatic rings. The molecule has 1 aliphatic heterocycles. The molecule has 0 unspecified atom stereocenters. The highest BCUT2D eigenvalue weighted by Gasteiger charge is 2.52. The largest absolute Gasteiger partial charge is 0.347 e. The highest BCUT2D eigenvalue weighted by Crippen LogP contribution is 2.45. The van der Waals surface area contributed by atoms with Crippen LogP contribution in [-0.2, 0) is 9.59 Å². The lowest BCUT2D eigenvalue weighted by Gasteiger charge is -2.36. The number of hydrogen-bond donors (Lipinski definition) is 1. The second kappa shape index (κ2) is 7.55. The van der Waals surface area contributed by atoms with Crippen LogP contribution in [0, 0.1) is 24.0 Å². The smallest absolute Gasteiger partial charge is 0.270 e. The number of hydrogen-bond acceptors (Lipinski definition) is 5. The zero-order valence-corrected chi connectivity index (χ0v) is 16.3. The van der Waals surface area contributed by atoms with E-state index in [1.165, 1.54) is 17.2 Å². The van der Waals surface area contributed by atoms with Crippen molar-refractivity contribution in [3.63, 3.8) is 0 Å². The van der Waals surface area contributed by atoms with Gasteiger partial charge in [0.05, 0.1) is 5.41 Å². The minimum absolute atomic E-state index is 0.0547. The van der Waals surface area contributed by atoms with Gasteiger partial charge < -0.3 is 10.2 Å². The molecule has 0 bridgehead atoms. The van der Waals surface area contributed by atoms with Crippen LogP contribution in [-0.4, -0.2) is 40.2 Å². The Morgan fingerprint density at radius 2 is 1.97 bits per heavy atom. The van der Waals surface area contributed by atoms with Gasteiger partial charge in [0.15, 0.2) is 0 Å². The van der Waals surface area contributed by atoms with Gasteiger partial charge in [-0.05, 0) is 38.0 Å². The van der Waals surface area contributed by atoms with E-state index in [9.17, 15) is 23.2 Å². The number of ketones is 1. The average Bonchev–Trinajstić information content (AvgIpc) is 2.96. The molecule has 1 saturated carbocycles. The molecule has 156 valence electrons. The van der Waals surface area contributed by atoms with Gasteiger partial charge >= 0.3 is 0 Å². The first-order chi connectivity index (χ1) is 14.3. The lowest BCUT2D eigenvalue weighted by molar-refractivity contribution is -0.135. The summed E-state index contributed by atoms with van der Waals surface area (Å²) in [5.41, 5.74) is -0.675. The van der Waals surface area contributed by atoms with Crippen molar-refractivity contribution in [2.75, 3.05) is 11.4 Å². The highest BCUT2D eigenvalue weighted by molar-refractivity contribution is 6.03. The van der Waals surface area contributed by atoms with Gasteiger partial charge in [-0.1, -0.05) is 0 Å². The number of rotatable bonds is 3. The molecule has 1 aromatic carbocycles. The van der Waals surface area contributed by atoms with E-state index in [0.29, 0.717) is 12.2 Å². The van der Waals surface area contributed by atoms with Crippen molar-refractivity contribution >= 4 is 23.3 Å². The highest BCUT2D eigenvalue weighted by atomic mass is 19.1. The lowest BCUT2D eigenvalue weighted by Crippen LogP contribution is -2.48. The van der Waals surface area contributed by atoms with E-state index < -0.39 is 29.0 Å². The molecule has 2 fully saturated rings. The number of anilines is 1. The molecular weight excluding hydrogens is 394 g/mol. The Labute approximate surface area is 171 Å². The van der Waals surface area contributed by atoms with Crippen LogP contribution in [0.1, 0.15) is 42.0 Å². The topological polar surface area (TPSA) is 92.3 Å². The zero-order chi connectivity index (χ0) is 21.5. The molecule has 0 radical (unpaired) electrons. The molecule has 2 atom stereocenters. The second-order valence-electron chi connectivity index (χ2n) is 7.90. The summed E-state index contributed by atoms with van der Waals surface area (Å²) in [5.74, 6) is -2.02. The number of nitrogens with one attached hydrogen (secondary N) is 1. The number of nitrogens with zero attached hydrogens (tertiary/aromatic N) is 3. The molecule has 1 N–H and O–H groups in total. The third kappa shape index (κ3) is 3.79. The Morgan fingerprint density at radius 3 is 2.67 bits per heavy atom. The maximum absolute atomic E-state index is 13.6. The fourth-order valence-corrected chi connectivity index (χ4v) is 4.40. The number of Topliss-reactive ketones (excluding diaryl/α,β-unsaturated/α-hetero) is 1. The summed E-state index contributed by atoms with van der Waals surface area (Å²) >= 11 is 0. The summed E-state index contributed by atoms with van der Waals surface area (Å²) < 4.78 is 27.2. The van der Waals surface area contributed by atoms with Crippen LogP contribution in [0.15, 0.2) is 30.5 Å². The van der Waals surface area contributed by atoms with E-state index in [1.807, 2.05) is 0 Å². The van der Waals surface area contributed by atoms with E-state index >= 15 is 0 Å². The van der Waals surface area contributed by atoms with Gasteiger partial charge in [-0.15, -0.1) is 0 Å². The zero-order valence-electron chi connectivity index (χ0n) is 16.3. The first-order valence-electron chi connectivity index (χ1n) is 9.66. The fourth-order valence-electron chi connectivity index (χ4n) is 4.40. The molecule has 7 nitrogen and oxygen atoms in total. The van der Waals surface area contributed by atoms with Gasteiger partial charge in [-0.2, -0.15) is 0 Å². The summed E-state index contributed by atoms with van der Waals surface area (Å²) in [6.45, 7) is 1.91. The molecule has 2 aliphatic rings. The standard InChI is InChI=1S/C21H20F2N4O3/c1-12-24-4-2-18(25-12)19(29)26-15-9-17(28)11-21(10-15)3-5-27(20(21)30)16-7-13(22)6-14(23)8-16/h2,4,6-8,15H,3,5,9-11H2,1H3,(H,26,29)/t15-,21-/m1/s1. The van der Waals surface area contributed by atoms with E-state index in [2.05, 4.69) is 15.3 Å². The van der Waals surface area contributed by atoms with Crippen LogP contribution in [0.4, 0.5) is 14.5 Å². The summed E-state index contributed by atoms with van der Waals surface area (Å²) in [5, 5.41) is 2.80. The van der Waals surface area contributed by atoms with Gasteiger partial charge in [-0.3, -0.25) is 14.4 Å². The van der Waals surface area contributed by atoms with E-state index in [1.54, 1.807) is 6.92 Å². The average molecular weight is 414 g/mol. The van der Waals surface area contributed by atoms with Crippen LogP contribution in [0.25, 0.3) is 0 Å². The Balaban J connectivity index is 1.53. The van der Waals surface area contributed by atoms with Gasteiger partial charge in [0.25, 0.3) is 5.91 Å². The Kier molecular flexibility index (Phi) is 5.05. The fraction of sp³-hybridized carbons (Fsp3) is 0.381. The molecule has 30 heavy (non-hydrogen) atoms. The molecule has 1 spiro atoms. The summed E-state index contributed by atoms with van der Waals surface area (Å²) in [7, 11) is 0. The lowest BCUT2D eigenvalue weighted by atomic mass is 9.70. The van der Waals surface area contributed by atoms with Crippen molar-refractivity contribution in [2.24, 2.45) is 5.41 Å². The number of benzene rings is 1. The Morgan fingerprint density at radius 1 is 1.23 bits per heavy atom. The number of carbonyl (C=O) groups excluding carboxylic acids is 3. The summed E-state index contributed by atoms with van der Waals surface area (Å²) in [6, 6.07) is 3.89. The number of carbonyl (C=O) groups is 3. The predicted octanol–water partition coefficient (Wildman–Crippen LogP) is 2.34. The SMILES string of the molecule is Cc1nccc(C(=O)N[C@@H]2CC(=O)C[C@@]3(CCN(c4cc(F)cc(F)c4)C3=O)C2)n1. The predicted molar refractivity (Wildman–Crippen MR) is 103 cm³/mol. The maximum Gasteiger partial charge on any atom is 0.270 e. The molecule has 1 aromatic heterocycles. The van der Waals surface area contributed by atoms with E-state index in [4.69, 9.17) is 0 Å². The van der Waals surface area contributed by atoms with Gasteiger partial charge in [0.2, 0.25) is 5.91 Å². The van der Waals surface area contributed by atoms with Crippen molar-refractivity contribution in [3.8, 4) is 0 Å². The maximum atomic E-state index is 13.6. The van der Waals surface area contributed by atoms with Crippen LogP contribution >= 0.6 is 0 Å². The van der Waals surface area contributed by atoms with Gasteiger partial charge in [0.1, 0.15) is 28.9 Å². The number of aromatic nitrogens is 2. The van der Waals surface area contributed by atoms with Crippen LogP contribution in [0.2, 0.25) is 0 Å². The molecule has 1 saturated heterocycles. The van der Waals surface area contributed by atoms with E-state index in [-0.39, 0.29) is 48.9 Å². The molecular formula is C21H20F2N4O3. The quantitative estimate of drug-likeness (QED) is 0.832. The number of aryl methyl sites for hydroxylation is 1. The molecule has 1 aliphatic carbocycles. The minimum Gasteiger partial charge on any atom is -0.347 e. The number of amides is 2. The van der Waals surface area contributed by atoms with Crippen LogP contribution in [0.5, 0.6) is 0 Å². The van der Waals surface area contributed by atoms with Gasteiger partial charge in [0, 0.05) is 43.4 Å². The Bertz CT molecular complexity index is 1020. The minimum atomic E-state index is -0.988. The second-order valence-corrected chi connectivity index (χ2v) is 7.90. The van der Waals surface area contributed by atoms with Crippen LogP contribution < -0.4 is 10.2 Å².